The molecule has 0 aliphatic carbocycles. The lowest BCUT2D eigenvalue weighted by atomic mass is 10.4. The standard InChI is InChI=1S/C16H8N6O8S/c23-14(7-1-5-11(29-7)21(25)26)18-10-4-3-9-13(17-10)19-16(31-9)20-15(24)8-2-6-12(30-8)22(27)28/h1-6H,(H2,17,18,19,20,23,24). The summed E-state index contributed by atoms with van der Waals surface area (Å²) in [6, 6.07) is 7.48. The number of amides is 2. The molecule has 4 heterocycles. The normalized spacial score (nSPS) is 10.7. The molecule has 2 N–H and O–H groups in total. The summed E-state index contributed by atoms with van der Waals surface area (Å²) in [4.78, 5) is 52.3. The van der Waals surface area contributed by atoms with Crippen LogP contribution < -0.4 is 10.6 Å². The third-order valence-corrected chi connectivity index (χ3v) is 4.63. The molecule has 4 aromatic rings. The number of nitrogens with one attached hydrogen (secondary N) is 2. The Bertz CT molecular complexity index is 1290. The summed E-state index contributed by atoms with van der Waals surface area (Å²) in [5.74, 6) is -3.06. The number of pyridine rings is 1. The summed E-state index contributed by atoms with van der Waals surface area (Å²) in [5, 5.41) is 26.3. The van der Waals surface area contributed by atoms with Gasteiger partial charge in [-0.3, -0.25) is 35.1 Å². The van der Waals surface area contributed by atoms with E-state index < -0.39 is 33.4 Å². The zero-order valence-corrected chi connectivity index (χ0v) is 15.7. The fraction of sp³-hybridized carbons (Fsp3) is 0. The average Bonchev–Trinajstić information content (AvgIpc) is 3.46. The molecule has 0 spiro atoms. The maximum absolute atomic E-state index is 12.1. The van der Waals surface area contributed by atoms with Crippen LogP contribution in [0.2, 0.25) is 0 Å². The fourth-order valence-electron chi connectivity index (χ4n) is 2.37. The first-order valence-electron chi connectivity index (χ1n) is 8.19. The van der Waals surface area contributed by atoms with E-state index in [1.165, 1.54) is 6.07 Å². The van der Waals surface area contributed by atoms with Crippen LogP contribution in [0.3, 0.4) is 0 Å². The number of thiazole rings is 1. The van der Waals surface area contributed by atoms with E-state index in [0.717, 1.165) is 35.6 Å². The van der Waals surface area contributed by atoms with Crippen molar-refractivity contribution in [2.45, 2.75) is 0 Å². The van der Waals surface area contributed by atoms with Gasteiger partial charge in [0.1, 0.15) is 15.7 Å². The fourth-order valence-corrected chi connectivity index (χ4v) is 3.18. The van der Waals surface area contributed by atoms with Gasteiger partial charge in [-0.2, -0.15) is 4.98 Å². The van der Waals surface area contributed by atoms with Crippen molar-refractivity contribution in [2.75, 3.05) is 10.6 Å². The number of fused-ring (bicyclic) bond motifs is 1. The maximum Gasteiger partial charge on any atom is 0.433 e. The lowest BCUT2D eigenvalue weighted by molar-refractivity contribution is -0.402. The van der Waals surface area contributed by atoms with E-state index in [-0.39, 0.29) is 28.1 Å². The highest BCUT2D eigenvalue weighted by Crippen LogP contribution is 2.27. The van der Waals surface area contributed by atoms with E-state index in [4.69, 9.17) is 8.83 Å². The van der Waals surface area contributed by atoms with E-state index in [9.17, 15) is 29.8 Å². The number of hydrogen-bond donors (Lipinski definition) is 2. The van der Waals surface area contributed by atoms with Crippen LogP contribution in [0.4, 0.5) is 22.7 Å². The molecule has 31 heavy (non-hydrogen) atoms. The molecule has 14 nitrogen and oxygen atoms in total. The Hall–Kier alpha value is -4.66. The van der Waals surface area contributed by atoms with Crippen molar-refractivity contribution in [2.24, 2.45) is 0 Å². The monoisotopic (exact) mass is 444 g/mol. The lowest BCUT2D eigenvalue weighted by Crippen LogP contribution is -2.12. The third kappa shape index (κ3) is 4.06. The summed E-state index contributed by atoms with van der Waals surface area (Å²) in [7, 11) is 0. The smallest absolute Gasteiger partial charge is 0.395 e. The average molecular weight is 444 g/mol. The van der Waals surface area contributed by atoms with Crippen LogP contribution in [-0.4, -0.2) is 31.6 Å². The Labute approximate surface area is 173 Å². The molecule has 0 fully saturated rings. The van der Waals surface area contributed by atoms with Gasteiger partial charge in [-0.1, -0.05) is 11.3 Å². The summed E-state index contributed by atoms with van der Waals surface area (Å²) >= 11 is 1.08. The van der Waals surface area contributed by atoms with Gasteiger partial charge in [0.15, 0.2) is 22.3 Å². The minimum atomic E-state index is -0.771. The number of nitro groups is 2. The highest BCUT2D eigenvalue weighted by atomic mass is 32.1. The first kappa shape index (κ1) is 19.6. The molecule has 0 saturated heterocycles. The van der Waals surface area contributed by atoms with Gasteiger partial charge in [-0.15, -0.1) is 0 Å². The zero-order valence-electron chi connectivity index (χ0n) is 14.9. The van der Waals surface area contributed by atoms with Crippen molar-refractivity contribution in [3.05, 3.63) is 68.1 Å². The molecule has 4 aromatic heterocycles. The summed E-state index contributed by atoms with van der Waals surface area (Å²) in [6.07, 6.45) is 0. The van der Waals surface area contributed by atoms with Crippen molar-refractivity contribution in [1.29, 1.82) is 0 Å². The quantitative estimate of drug-likeness (QED) is 0.329. The molecule has 4 rings (SSSR count). The van der Waals surface area contributed by atoms with Gasteiger partial charge in [-0.05, 0) is 24.3 Å². The Morgan fingerprint density at radius 2 is 1.42 bits per heavy atom. The first-order valence-corrected chi connectivity index (χ1v) is 9.00. The lowest BCUT2D eigenvalue weighted by Gasteiger charge is -2.01. The Balaban J connectivity index is 1.48. The highest BCUT2D eigenvalue weighted by Gasteiger charge is 2.20. The van der Waals surface area contributed by atoms with Crippen LogP contribution in [0.1, 0.15) is 21.1 Å². The predicted molar refractivity (Wildman–Crippen MR) is 104 cm³/mol. The largest absolute Gasteiger partial charge is 0.433 e. The van der Waals surface area contributed by atoms with Crippen molar-refractivity contribution in [1.82, 2.24) is 9.97 Å². The summed E-state index contributed by atoms with van der Waals surface area (Å²) in [6.45, 7) is 0. The number of anilines is 2. The molecule has 0 unspecified atom stereocenters. The zero-order chi connectivity index (χ0) is 22.1. The summed E-state index contributed by atoms with van der Waals surface area (Å²) in [5.41, 5.74) is 0.203. The first-order chi connectivity index (χ1) is 14.8. The molecular formula is C16H8N6O8S. The van der Waals surface area contributed by atoms with Gasteiger partial charge in [0.2, 0.25) is 0 Å². The number of aromatic nitrogens is 2. The van der Waals surface area contributed by atoms with Crippen LogP contribution >= 0.6 is 11.3 Å². The van der Waals surface area contributed by atoms with E-state index >= 15 is 0 Å². The topological polar surface area (TPSA) is 197 Å². The highest BCUT2D eigenvalue weighted by molar-refractivity contribution is 7.22. The van der Waals surface area contributed by atoms with Gasteiger partial charge < -0.3 is 14.2 Å². The van der Waals surface area contributed by atoms with Crippen LogP contribution in [-0.2, 0) is 0 Å². The second kappa shape index (κ2) is 7.64. The molecule has 0 aliphatic heterocycles. The van der Waals surface area contributed by atoms with Crippen LogP contribution in [0.25, 0.3) is 10.3 Å². The molecule has 156 valence electrons. The molecule has 0 radical (unpaired) electrons. The minimum absolute atomic E-state index is 0.0985. The Morgan fingerprint density at radius 3 is 1.97 bits per heavy atom. The Kier molecular flexibility index (Phi) is 4.84. The van der Waals surface area contributed by atoms with E-state index in [1.54, 1.807) is 6.07 Å². The number of hydrogen-bond acceptors (Lipinski definition) is 11. The van der Waals surface area contributed by atoms with Gasteiger partial charge in [0.25, 0.3) is 11.8 Å². The molecule has 0 aromatic carbocycles. The second-order valence-corrected chi connectivity index (χ2v) is 6.77. The number of carbonyl (C=O) groups is 2. The number of carbonyl (C=O) groups excluding carboxylic acids is 2. The number of nitrogens with zero attached hydrogens (tertiary/aromatic N) is 4. The number of furan rings is 2. The molecule has 0 bridgehead atoms. The molecule has 0 aliphatic rings. The SMILES string of the molecule is O=C(Nc1ccc2sc(NC(=O)c3ccc([N+](=O)[O-])o3)nc2n1)c1ccc([N+](=O)[O-])o1. The Morgan fingerprint density at radius 1 is 0.839 bits per heavy atom. The molecule has 0 saturated carbocycles. The van der Waals surface area contributed by atoms with Gasteiger partial charge in [0, 0.05) is 0 Å². The van der Waals surface area contributed by atoms with Crippen LogP contribution in [0.15, 0.2) is 45.2 Å². The van der Waals surface area contributed by atoms with Crippen molar-refractivity contribution in [3.8, 4) is 0 Å². The second-order valence-electron chi connectivity index (χ2n) is 5.74. The van der Waals surface area contributed by atoms with Crippen molar-refractivity contribution in [3.63, 3.8) is 0 Å². The minimum Gasteiger partial charge on any atom is -0.395 e. The van der Waals surface area contributed by atoms with Crippen LogP contribution in [0, 0.1) is 20.2 Å². The van der Waals surface area contributed by atoms with E-state index in [0.29, 0.717) is 4.70 Å². The van der Waals surface area contributed by atoms with Crippen molar-refractivity contribution >= 4 is 56.2 Å². The van der Waals surface area contributed by atoms with Gasteiger partial charge in [0.05, 0.1) is 16.8 Å². The van der Waals surface area contributed by atoms with Gasteiger partial charge in [-0.25, -0.2) is 4.98 Å². The summed E-state index contributed by atoms with van der Waals surface area (Å²) < 4.78 is 10.2. The third-order valence-electron chi connectivity index (χ3n) is 3.71. The van der Waals surface area contributed by atoms with Crippen LogP contribution in [0.5, 0.6) is 0 Å². The molecule has 0 atom stereocenters. The maximum atomic E-state index is 12.1. The molecule has 2 amide bonds. The van der Waals surface area contributed by atoms with E-state index in [2.05, 4.69) is 20.6 Å². The van der Waals surface area contributed by atoms with E-state index in [1.807, 2.05) is 0 Å². The molecule has 15 heteroatoms. The number of rotatable bonds is 6. The van der Waals surface area contributed by atoms with Gasteiger partial charge >= 0.3 is 11.8 Å². The predicted octanol–water partition coefficient (Wildman–Crippen LogP) is 3.20. The molecular weight excluding hydrogens is 436 g/mol. The van der Waals surface area contributed by atoms with Crippen molar-refractivity contribution < 1.29 is 28.3 Å².